The summed E-state index contributed by atoms with van der Waals surface area (Å²) in [5, 5.41) is 4.79. The Morgan fingerprint density at radius 3 is 2.65 bits per heavy atom. The van der Waals surface area contributed by atoms with Gasteiger partial charge in [-0.25, -0.2) is 8.42 Å². The lowest BCUT2D eigenvalue weighted by Crippen LogP contribution is -2.28. The summed E-state index contributed by atoms with van der Waals surface area (Å²) in [6.07, 6.45) is 0. The van der Waals surface area contributed by atoms with Gasteiger partial charge in [-0.15, -0.1) is 11.3 Å². The first-order valence-corrected chi connectivity index (χ1v) is 9.15. The van der Waals surface area contributed by atoms with Crippen LogP contribution in [0.3, 0.4) is 0 Å². The number of amides is 1. The first-order chi connectivity index (χ1) is 10.9. The Morgan fingerprint density at radius 1 is 1.30 bits per heavy atom. The van der Waals surface area contributed by atoms with Crippen molar-refractivity contribution in [2.24, 2.45) is 0 Å². The number of rotatable bonds is 6. The van der Waals surface area contributed by atoms with E-state index < -0.39 is 10.0 Å². The molecule has 0 fully saturated rings. The number of carbonyl (C=O) groups excluding carboxylic acids is 1. The molecule has 2 aromatic rings. The quantitative estimate of drug-likeness (QED) is 0.809. The largest absolute Gasteiger partial charge is 0.345 e. The van der Waals surface area contributed by atoms with Gasteiger partial charge < -0.3 is 5.32 Å². The van der Waals surface area contributed by atoms with Gasteiger partial charge in [0.05, 0.1) is 18.0 Å². The molecule has 8 heteroatoms. The summed E-state index contributed by atoms with van der Waals surface area (Å²) in [6.45, 7) is 1.88. The summed E-state index contributed by atoms with van der Waals surface area (Å²) in [5.41, 5.74) is 0.277. The van der Waals surface area contributed by atoms with Crippen LogP contribution in [0.5, 0.6) is 0 Å². The number of carbonyl (C=O) groups is 1. The molecule has 23 heavy (non-hydrogen) atoms. The lowest BCUT2D eigenvalue weighted by atomic mass is 10.2. The number of hydrogen-bond donors (Lipinski definition) is 1. The van der Waals surface area contributed by atoms with E-state index in [0.717, 1.165) is 9.35 Å². The van der Waals surface area contributed by atoms with Crippen LogP contribution in [0.1, 0.15) is 28.2 Å². The van der Waals surface area contributed by atoms with Crippen LogP contribution >= 0.6 is 11.3 Å². The Balaban J connectivity index is 2.21. The van der Waals surface area contributed by atoms with E-state index in [9.17, 15) is 13.2 Å². The summed E-state index contributed by atoms with van der Waals surface area (Å²) in [7, 11) is -1.23. The van der Waals surface area contributed by atoms with Gasteiger partial charge in [-0.1, -0.05) is 16.6 Å². The molecule has 0 radical (unpaired) electrons. The monoisotopic (exact) mass is 354 g/mol. The molecule has 0 aliphatic rings. The molecule has 0 bridgehead atoms. The fraction of sp³-hybridized carbons (Fsp3) is 0.267. The van der Waals surface area contributed by atoms with Gasteiger partial charge in [0.2, 0.25) is 0 Å². The smallest absolute Gasteiger partial charge is 0.264 e. The Hall–Kier alpha value is -1.74. The van der Waals surface area contributed by atoms with Crippen LogP contribution in [0, 0.1) is 0 Å². The number of nitrogens with one attached hydrogen (secondary N) is 1. The molecule has 1 atom stereocenters. The zero-order chi connectivity index (χ0) is 17.0. The fourth-order valence-corrected chi connectivity index (χ4v) is 3.69. The minimum absolute atomic E-state index is 0.00160. The molecular weight excluding hydrogens is 336 g/mol. The molecule has 1 heterocycles. The highest BCUT2D eigenvalue weighted by Gasteiger charge is 2.22. The molecular formula is C15H18N2O4S2. The molecule has 0 saturated heterocycles. The number of benzene rings is 1. The maximum Gasteiger partial charge on any atom is 0.264 e. The van der Waals surface area contributed by atoms with Crippen molar-refractivity contribution in [2.45, 2.75) is 17.9 Å². The number of hydroxylamine groups is 1. The minimum atomic E-state index is -3.78. The van der Waals surface area contributed by atoms with E-state index >= 15 is 0 Å². The predicted octanol–water partition coefficient (Wildman–Crippen LogP) is 2.42. The van der Waals surface area contributed by atoms with E-state index in [1.165, 1.54) is 32.4 Å². The summed E-state index contributed by atoms with van der Waals surface area (Å²) in [6, 6.07) is 9.56. The van der Waals surface area contributed by atoms with E-state index in [-0.39, 0.29) is 22.4 Å². The molecule has 0 saturated carbocycles. The normalized spacial score (nSPS) is 13.0. The summed E-state index contributed by atoms with van der Waals surface area (Å²) in [4.78, 5) is 18.1. The zero-order valence-electron chi connectivity index (χ0n) is 13.0. The summed E-state index contributed by atoms with van der Waals surface area (Å²) < 4.78 is 25.2. The van der Waals surface area contributed by atoms with Crippen molar-refractivity contribution in [3.8, 4) is 0 Å². The third kappa shape index (κ3) is 3.97. The van der Waals surface area contributed by atoms with Gasteiger partial charge in [0.1, 0.15) is 0 Å². The van der Waals surface area contributed by atoms with E-state index in [1.807, 2.05) is 24.4 Å². The van der Waals surface area contributed by atoms with Crippen LogP contribution in [0.4, 0.5) is 0 Å². The van der Waals surface area contributed by atoms with Crippen molar-refractivity contribution < 1.29 is 18.0 Å². The SMILES string of the molecule is CON(C)S(=O)(=O)c1cccc(C(=O)NC(C)c2cccs2)c1. The topological polar surface area (TPSA) is 75.7 Å². The van der Waals surface area contributed by atoms with E-state index in [4.69, 9.17) is 4.84 Å². The fourth-order valence-electron chi connectivity index (χ4n) is 1.93. The second-order valence-electron chi connectivity index (χ2n) is 4.84. The highest BCUT2D eigenvalue weighted by molar-refractivity contribution is 7.89. The Morgan fingerprint density at radius 2 is 2.04 bits per heavy atom. The molecule has 2 rings (SSSR count). The molecule has 1 N–H and O–H groups in total. The van der Waals surface area contributed by atoms with E-state index in [0.29, 0.717) is 0 Å². The third-order valence-corrected chi connectivity index (χ3v) is 6.04. The van der Waals surface area contributed by atoms with Crippen molar-refractivity contribution >= 4 is 27.3 Å². The predicted molar refractivity (Wildman–Crippen MR) is 88.6 cm³/mol. The van der Waals surface area contributed by atoms with E-state index in [2.05, 4.69) is 5.32 Å². The highest BCUT2D eigenvalue weighted by Crippen LogP contribution is 2.20. The standard InChI is InChI=1S/C15H18N2O4S2/c1-11(14-8-5-9-22-14)16-15(18)12-6-4-7-13(10-12)23(19,20)17(2)21-3/h4-11H,1-3H3,(H,16,18). The number of thiophene rings is 1. The number of nitrogens with zero attached hydrogens (tertiary/aromatic N) is 1. The van der Waals surface area contributed by atoms with E-state index in [1.54, 1.807) is 17.4 Å². The molecule has 1 unspecified atom stereocenters. The van der Waals surface area contributed by atoms with Gasteiger partial charge >= 0.3 is 0 Å². The van der Waals surface area contributed by atoms with Crippen molar-refractivity contribution in [2.75, 3.05) is 14.2 Å². The van der Waals surface area contributed by atoms with Gasteiger partial charge in [0.25, 0.3) is 15.9 Å². The average molecular weight is 354 g/mol. The first kappa shape index (κ1) is 17.6. The zero-order valence-corrected chi connectivity index (χ0v) is 14.6. The van der Waals surface area contributed by atoms with Crippen LogP contribution < -0.4 is 5.32 Å². The maximum absolute atomic E-state index is 12.3. The van der Waals surface area contributed by atoms with Gasteiger partial charge in [-0.2, -0.15) is 0 Å². The maximum atomic E-state index is 12.3. The average Bonchev–Trinajstić information content (AvgIpc) is 3.08. The molecule has 0 aliphatic heterocycles. The third-order valence-electron chi connectivity index (χ3n) is 3.31. The van der Waals surface area contributed by atoms with Crippen molar-refractivity contribution in [3.63, 3.8) is 0 Å². The Labute approximate surface area is 139 Å². The molecule has 0 aliphatic carbocycles. The van der Waals surface area contributed by atoms with Crippen LogP contribution in [-0.2, 0) is 14.9 Å². The van der Waals surface area contributed by atoms with Crippen LogP contribution in [0.25, 0.3) is 0 Å². The van der Waals surface area contributed by atoms with Gasteiger partial charge in [-0.3, -0.25) is 9.63 Å². The van der Waals surface area contributed by atoms with Crippen molar-refractivity contribution in [1.29, 1.82) is 0 Å². The van der Waals surface area contributed by atoms with Crippen molar-refractivity contribution in [3.05, 3.63) is 52.2 Å². The van der Waals surface area contributed by atoms with Crippen molar-refractivity contribution in [1.82, 2.24) is 9.79 Å². The van der Waals surface area contributed by atoms with Crippen LogP contribution in [0.15, 0.2) is 46.7 Å². The second kappa shape index (κ2) is 7.22. The van der Waals surface area contributed by atoms with Crippen LogP contribution in [-0.4, -0.2) is 33.0 Å². The lowest BCUT2D eigenvalue weighted by molar-refractivity contribution is -0.0258. The molecule has 6 nitrogen and oxygen atoms in total. The lowest BCUT2D eigenvalue weighted by Gasteiger charge is -2.15. The Bertz CT molecular complexity index is 773. The van der Waals surface area contributed by atoms with Gasteiger partial charge in [0.15, 0.2) is 0 Å². The first-order valence-electron chi connectivity index (χ1n) is 6.83. The molecule has 1 aromatic heterocycles. The number of hydrogen-bond acceptors (Lipinski definition) is 5. The summed E-state index contributed by atoms with van der Waals surface area (Å²) >= 11 is 1.55. The van der Waals surface area contributed by atoms with Gasteiger partial charge in [0, 0.05) is 17.5 Å². The second-order valence-corrected chi connectivity index (χ2v) is 7.75. The molecule has 0 spiro atoms. The molecule has 1 aromatic carbocycles. The van der Waals surface area contributed by atoms with Crippen LogP contribution in [0.2, 0.25) is 0 Å². The number of sulfonamides is 1. The highest BCUT2D eigenvalue weighted by atomic mass is 32.2. The van der Waals surface area contributed by atoms with Gasteiger partial charge in [-0.05, 0) is 36.6 Å². The minimum Gasteiger partial charge on any atom is -0.345 e. The summed E-state index contributed by atoms with van der Waals surface area (Å²) in [5.74, 6) is -0.331. The Kier molecular flexibility index (Phi) is 5.53. The molecule has 124 valence electrons. The molecule has 1 amide bonds.